The number of carbonyl (C=O) groups is 1. The van der Waals surface area contributed by atoms with Crippen LogP contribution >= 0.6 is 0 Å². The van der Waals surface area contributed by atoms with Gasteiger partial charge in [-0.15, -0.1) is 5.92 Å². The molecule has 0 bridgehead atoms. The Morgan fingerprint density at radius 2 is 2.17 bits per heavy atom. The lowest BCUT2D eigenvalue weighted by molar-refractivity contribution is -0.152. The number of carbonyl (C=O) groups excluding carboxylic acids is 1. The Morgan fingerprint density at radius 3 is 2.67 bits per heavy atom. The third kappa shape index (κ3) is 7.10. The zero-order valence-electron chi connectivity index (χ0n) is 7.72. The molecule has 0 spiro atoms. The highest BCUT2D eigenvalue weighted by molar-refractivity contribution is 5.70. The summed E-state index contributed by atoms with van der Waals surface area (Å²) in [6.45, 7) is 5.57. The molecule has 0 aromatic heterocycles. The number of esters is 1. The predicted octanol–water partition coefficient (Wildman–Crippen LogP) is 0.978. The Kier molecular flexibility index (Phi) is 6.12. The Balaban J connectivity index is 3.36. The van der Waals surface area contributed by atoms with E-state index in [-0.39, 0.29) is 25.3 Å². The van der Waals surface area contributed by atoms with E-state index in [1.807, 2.05) is 0 Å². The average Bonchev–Trinajstić information content (AvgIpc) is 1.97. The van der Waals surface area contributed by atoms with Gasteiger partial charge in [-0.25, -0.2) is 4.79 Å². The third-order valence-electron chi connectivity index (χ3n) is 0.938. The molecule has 0 aliphatic carbocycles. The largest absolute Gasteiger partial charge is 0.461 e. The van der Waals surface area contributed by atoms with Crippen molar-refractivity contribution in [3.05, 3.63) is 0 Å². The van der Waals surface area contributed by atoms with E-state index >= 15 is 0 Å². The molecule has 0 aliphatic rings. The van der Waals surface area contributed by atoms with Crippen LogP contribution in [-0.2, 0) is 14.3 Å². The van der Waals surface area contributed by atoms with Crippen LogP contribution in [0.25, 0.3) is 0 Å². The van der Waals surface area contributed by atoms with Crippen molar-refractivity contribution in [2.45, 2.75) is 26.9 Å². The second-order valence-corrected chi connectivity index (χ2v) is 2.46. The monoisotopic (exact) mass is 170 g/mol. The summed E-state index contributed by atoms with van der Waals surface area (Å²) in [5, 5.41) is 0. The molecule has 0 unspecified atom stereocenters. The topological polar surface area (TPSA) is 35.5 Å². The molecule has 0 atom stereocenters. The fourth-order valence-electron chi connectivity index (χ4n) is 0.554. The molecule has 0 rings (SSSR count). The van der Waals surface area contributed by atoms with Crippen molar-refractivity contribution >= 4 is 5.97 Å². The van der Waals surface area contributed by atoms with Gasteiger partial charge in [-0.1, -0.05) is 5.92 Å². The quantitative estimate of drug-likeness (QED) is 0.358. The third-order valence-corrected chi connectivity index (χ3v) is 0.938. The van der Waals surface area contributed by atoms with Gasteiger partial charge in [0.25, 0.3) is 0 Å². The van der Waals surface area contributed by atoms with Gasteiger partial charge >= 0.3 is 5.97 Å². The standard InChI is InChI=1S/C9H14O3/c1-4-5-6-11-7-9(10)12-8(2)3/h8H,6-7H2,1-3H3. The van der Waals surface area contributed by atoms with E-state index in [9.17, 15) is 4.79 Å². The van der Waals surface area contributed by atoms with E-state index in [1.54, 1.807) is 20.8 Å². The molecule has 0 radical (unpaired) electrons. The summed E-state index contributed by atoms with van der Waals surface area (Å²) < 4.78 is 9.71. The normalized spacial score (nSPS) is 9.00. The van der Waals surface area contributed by atoms with Gasteiger partial charge < -0.3 is 9.47 Å². The highest BCUT2D eigenvalue weighted by Gasteiger charge is 2.03. The predicted molar refractivity (Wildman–Crippen MR) is 45.5 cm³/mol. The van der Waals surface area contributed by atoms with Crippen molar-refractivity contribution in [3.63, 3.8) is 0 Å². The second kappa shape index (κ2) is 6.68. The van der Waals surface area contributed by atoms with Crippen LogP contribution in [0.1, 0.15) is 20.8 Å². The minimum Gasteiger partial charge on any atom is -0.461 e. The molecule has 0 heterocycles. The van der Waals surface area contributed by atoms with E-state index in [0.717, 1.165) is 0 Å². The molecule has 12 heavy (non-hydrogen) atoms. The fraction of sp³-hybridized carbons (Fsp3) is 0.667. The van der Waals surface area contributed by atoms with Crippen LogP contribution in [-0.4, -0.2) is 25.3 Å². The highest BCUT2D eigenvalue weighted by atomic mass is 16.6. The molecule has 0 fully saturated rings. The maximum Gasteiger partial charge on any atom is 0.332 e. The molecule has 0 amide bonds. The van der Waals surface area contributed by atoms with Gasteiger partial charge in [-0.05, 0) is 20.8 Å². The Labute approximate surface area is 73.0 Å². The van der Waals surface area contributed by atoms with Crippen molar-refractivity contribution in [2.24, 2.45) is 0 Å². The van der Waals surface area contributed by atoms with E-state index in [4.69, 9.17) is 9.47 Å². The minimum absolute atomic E-state index is 0.0210. The molecule has 0 aromatic rings. The van der Waals surface area contributed by atoms with E-state index < -0.39 is 0 Å². The lowest BCUT2D eigenvalue weighted by atomic mass is 10.5. The molecular weight excluding hydrogens is 156 g/mol. The number of hydrogen-bond acceptors (Lipinski definition) is 3. The van der Waals surface area contributed by atoms with Gasteiger partial charge in [0.2, 0.25) is 0 Å². The first-order valence-corrected chi connectivity index (χ1v) is 3.83. The number of rotatable bonds is 4. The first-order valence-electron chi connectivity index (χ1n) is 3.83. The Morgan fingerprint density at radius 1 is 1.50 bits per heavy atom. The molecule has 0 aromatic carbocycles. The van der Waals surface area contributed by atoms with Gasteiger partial charge in [0, 0.05) is 0 Å². The number of hydrogen-bond donors (Lipinski definition) is 0. The van der Waals surface area contributed by atoms with Gasteiger partial charge in [0.15, 0.2) is 0 Å². The maximum atomic E-state index is 10.8. The molecule has 0 saturated carbocycles. The molecule has 0 saturated heterocycles. The van der Waals surface area contributed by atoms with Crippen LogP contribution in [0.15, 0.2) is 0 Å². The first kappa shape index (κ1) is 11.0. The first-order chi connectivity index (χ1) is 5.66. The lowest BCUT2D eigenvalue weighted by Crippen LogP contribution is -2.17. The van der Waals surface area contributed by atoms with E-state index in [2.05, 4.69) is 11.8 Å². The molecule has 3 nitrogen and oxygen atoms in total. The molecule has 0 aliphatic heterocycles. The summed E-state index contributed by atoms with van der Waals surface area (Å²) in [6, 6.07) is 0. The second-order valence-electron chi connectivity index (χ2n) is 2.46. The highest BCUT2D eigenvalue weighted by Crippen LogP contribution is 1.89. The SMILES string of the molecule is CC#CCOCC(=O)OC(C)C. The van der Waals surface area contributed by atoms with Gasteiger partial charge in [-0.3, -0.25) is 0 Å². The summed E-state index contributed by atoms with van der Waals surface area (Å²) in [6.07, 6.45) is -0.0849. The molecule has 3 heteroatoms. The van der Waals surface area contributed by atoms with Crippen molar-refractivity contribution in [2.75, 3.05) is 13.2 Å². The van der Waals surface area contributed by atoms with Crippen molar-refractivity contribution < 1.29 is 14.3 Å². The lowest BCUT2D eigenvalue weighted by Gasteiger charge is -2.06. The van der Waals surface area contributed by atoms with Crippen molar-refractivity contribution in [3.8, 4) is 11.8 Å². The average molecular weight is 170 g/mol. The van der Waals surface area contributed by atoms with Crippen LogP contribution in [0, 0.1) is 11.8 Å². The number of ether oxygens (including phenoxy) is 2. The van der Waals surface area contributed by atoms with Crippen molar-refractivity contribution in [1.29, 1.82) is 0 Å². The van der Waals surface area contributed by atoms with Gasteiger partial charge in [-0.2, -0.15) is 0 Å². The summed E-state index contributed by atoms with van der Waals surface area (Å²) in [4.78, 5) is 10.8. The van der Waals surface area contributed by atoms with Crippen LogP contribution in [0.4, 0.5) is 0 Å². The van der Waals surface area contributed by atoms with E-state index in [0.29, 0.717) is 0 Å². The Bertz CT molecular complexity index is 186. The molecular formula is C9H14O3. The summed E-state index contributed by atoms with van der Waals surface area (Å²) in [7, 11) is 0. The van der Waals surface area contributed by atoms with Crippen LogP contribution in [0.5, 0.6) is 0 Å². The zero-order chi connectivity index (χ0) is 9.40. The zero-order valence-corrected chi connectivity index (χ0v) is 7.72. The van der Waals surface area contributed by atoms with Gasteiger partial charge in [0.1, 0.15) is 13.2 Å². The van der Waals surface area contributed by atoms with Crippen LogP contribution in [0.2, 0.25) is 0 Å². The summed E-state index contributed by atoms with van der Waals surface area (Å²) in [5.41, 5.74) is 0. The van der Waals surface area contributed by atoms with Crippen LogP contribution in [0.3, 0.4) is 0 Å². The van der Waals surface area contributed by atoms with Crippen molar-refractivity contribution in [1.82, 2.24) is 0 Å². The fourth-order valence-corrected chi connectivity index (χ4v) is 0.554. The molecule has 68 valence electrons. The van der Waals surface area contributed by atoms with Crippen LogP contribution < -0.4 is 0 Å². The molecule has 0 N–H and O–H groups in total. The van der Waals surface area contributed by atoms with Gasteiger partial charge in [0.05, 0.1) is 6.10 Å². The maximum absolute atomic E-state index is 10.8. The minimum atomic E-state index is -0.345. The Hall–Kier alpha value is -1.01. The summed E-state index contributed by atoms with van der Waals surface area (Å²) in [5.74, 6) is 4.99. The smallest absolute Gasteiger partial charge is 0.332 e. The van der Waals surface area contributed by atoms with E-state index in [1.165, 1.54) is 0 Å². The summed E-state index contributed by atoms with van der Waals surface area (Å²) >= 11 is 0.